The van der Waals surface area contributed by atoms with Crippen molar-refractivity contribution in [2.45, 2.75) is 12.8 Å². The van der Waals surface area contributed by atoms with Crippen LogP contribution in [-0.4, -0.2) is 34.9 Å². The van der Waals surface area contributed by atoms with Gasteiger partial charge in [0.1, 0.15) is 0 Å². The first kappa shape index (κ1) is 19.0. The lowest BCUT2D eigenvalue weighted by Crippen LogP contribution is -2.25. The zero-order chi connectivity index (χ0) is 18.8. The van der Waals surface area contributed by atoms with E-state index in [2.05, 4.69) is 4.72 Å². The maximum absolute atomic E-state index is 12.3. The van der Waals surface area contributed by atoms with Gasteiger partial charge in [0, 0.05) is 6.54 Å². The molecule has 0 amide bonds. The summed E-state index contributed by atoms with van der Waals surface area (Å²) >= 11 is 6.13. The average molecular weight is 415 g/mol. The molecular weight excluding hydrogens is 396 g/mol. The molecule has 0 bridgehead atoms. The number of rotatable bonds is 6. The van der Waals surface area contributed by atoms with Crippen molar-refractivity contribution >= 4 is 43.0 Å². The molecule has 1 aliphatic heterocycles. The van der Waals surface area contributed by atoms with E-state index in [9.17, 15) is 16.8 Å². The second-order valence-corrected chi connectivity index (χ2v) is 10.3. The number of aryl methyl sites for hydroxylation is 1. The number of nitrogens with zero attached hydrogens (tertiary/aromatic N) is 1. The number of hydrogen-bond acceptors (Lipinski definition) is 4. The smallest absolute Gasteiger partial charge is 0.235 e. The molecule has 1 N–H and O–H groups in total. The van der Waals surface area contributed by atoms with Gasteiger partial charge >= 0.3 is 0 Å². The molecule has 9 heteroatoms. The van der Waals surface area contributed by atoms with Crippen molar-refractivity contribution < 1.29 is 16.8 Å². The summed E-state index contributed by atoms with van der Waals surface area (Å²) in [5.74, 6) is -0.00660. The highest BCUT2D eigenvalue weighted by atomic mass is 35.5. The van der Waals surface area contributed by atoms with E-state index >= 15 is 0 Å². The van der Waals surface area contributed by atoms with Crippen molar-refractivity contribution in [2.75, 3.05) is 27.1 Å². The summed E-state index contributed by atoms with van der Waals surface area (Å²) in [6, 6.07) is 13.8. The van der Waals surface area contributed by atoms with Crippen LogP contribution in [-0.2, 0) is 26.5 Å². The SMILES string of the molecule is O=S(=O)(CCc1ccccc1)Nc1ccc(Cl)c(N2CCCS2(=O)=O)c1. The molecule has 0 radical (unpaired) electrons. The van der Waals surface area contributed by atoms with Gasteiger partial charge in [0.05, 0.1) is 27.9 Å². The minimum absolute atomic E-state index is 0.0658. The minimum atomic E-state index is -3.58. The molecule has 140 valence electrons. The molecule has 2 aromatic carbocycles. The van der Waals surface area contributed by atoms with E-state index in [-0.39, 0.29) is 16.5 Å². The Morgan fingerprint density at radius 2 is 1.85 bits per heavy atom. The predicted octanol–water partition coefficient (Wildman–Crippen LogP) is 2.86. The Hall–Kier alpha value is -1.77. The highest BCUT2D eigenvalue weighted by Gasteiger charge is 2.30. The minimum Gasteiger partial charge on any atom is -0.283 e. The van der Waals surface area contributed by atoms with Crippen molar-refractivity contribution in [1.82, 2.24) is 0 Å². The molecule has 1 aliphatic rings. The van der Waals surface area contributed by atoms with E-state index in [0.717, 1.165) is 5.56 Å². The molecule has 1 saturated heterocycles. The third-order valence-electron chi connectivity index (χ3n) is 4.09. The molecule has 1 heterocycles. The fourth-order valence-corrected chi connectivity index (χ4v) is 5.74. The van der Waals surface area contributed by atoms with Gasteiger partial charge in [0.2, 0.25) is 20.0 Å². The van der Waals surface area contributed by atoms with Crippen LogP contribution in [0.15, 0.2) is 48.5 Å². The first-order chi connectivity index (χ1) is 12.3. The quantitative estimate of drug-likeness (QED) is 0.787. The van der Waals surface area contributed by atoms with Gasteiger partial charge in [0.25, 0.3) is 0 Å². The Morgan fingerprint density at radius 1 is 1.12 bits per heavy atom. The van der Waals surface area contributed by atoms with Crippen LogP contribution in [0.3, 0.4) is 0 Å². The third kappa shape index (κ3) is 4.49. The van der Waals surface area contributed by atoms with Crippen LogP contribution < -0.4 is 9.03 Å². The van der Waals surface area contributed by atoms with E-state index in [1.165, 1.54) is 22.5 Å². The van der Waals surface area contributed by atoms with Gasteiger partial charge < -0.3 is 0 Å². The molecular formula is C17H19ClN2O4S2. The highest BCUT2D eigenvalue weighted by Crippen LogP contribution is 2.33. The highest BCUT2D eigenvalue weighted by molar-refractivity contribution is 7.93. The summed E-state index contributed by atoms with van der Waals surface area (Å²) in [4.78, 5) is 0. The van der Waals surface area contributed by atoms with E-state index in [1.807, 2.05) is 30.3 Å². The van der Waals surface area contributed by atoms with Crippen LogP contribution in [0.25, 0.3) is 0 Å². The lowest BCUT2D eigenvalue weighted by atomic mass is 10.2. The van der Waals surface area contributed by atoms with Gasteiger partial charge in [0.15, 0.2) is 0 Å². The summed E-state index contributed by atoms with van der Waals surface area (Å²) in [6.45, 7) is 0.340. The van der Waals surface area contributed by atoms with Crippen LogP contribution in [0, 0.1) is 0 Å². The van der Waals surface area contributed by atoms with Crippen LogP contribution in [0.1, 0.15) is 12.0 Å². The summed E-state index contributed by atoms with van der Waals surface area (Å²) in [5, 5.41) is 0.266. The lowest BCUT2D eigenvalue weighted by Gasteiger charge is -2.19. The summed E-state index contributed by atoms with van der Waals surface area (Å²) in [6.07, 6.45) is 0.906. The number of sulfonamides is 2. The molecule has 0 unspecified atom stereocenters. The molecule has 1 fully saturated rings. The maximum Gasteiger partial charge on any atom is 0.235 e. The number of hydrogen-bond donors (Lipinski definition) is 1. The molecule has 0 aromatic heterocycles. The van der Waals surface area contributed by atoms with Crippen molar-refractivity contribution in [1.29, 1.82) is 0 Å². The van der Waals surface area contributed by atoms with Crippen molar-refractivity contribution in [2.24, 2.45) is 0 Å². The Balaban J connectivity index is 1.76. The molecule has 2 aromatic rings. The fourth-order valence-electron chi connectivity index (χ4n) is 2.80. The van der Waals surface area contributed by atoms with E-state index in [4.69, 9.17) is 11.6 Å². The predicted molar refractivity (Wildman–Crippen MR) is 105 cm³/mol. The van der Waals surface area contributed by atoms with E-state index in [1.54, 1.807) is 0 Å². The Bertz CT molecular complexity index is 993. The molecule has 0 saturated carbocycles. The van der Waals surface area contributed by atoms with Crippen molar-refractivity contribution in [3.63, 3.8) is 0 Å². The van der Waals surface area contributed by atoms with Crippen LogP contribution in [0.2, 0.25) is 5.02 Å². The van der Waals surface area contributed by atoms with Crippen LogP contribution >= 0.6 is 11.6 Å². The topological polar surface area (TPSA) is 83.6 Å². The monoisotopic (exact) mass is 414 g/mol. The zero-order valence-electron chi connectivity index (χ0n) is 13.9. The van der Waals surface area contributed by atoms with Gasteiger partial charge in [-0.3, -0.25) is 9.03 Å². The van der Waals surface area contributed by atoms with Crippen LogP contribution in [0.4, 0.5) is 11.4 Å². The number of anilines is 2. The lowest BCUT2D eigenvalue weighted by molar-refractivity contribution is 0.598. The number of benzene rings is 2. The van der Waals surface area contributed by atoms with Crippen LogP contribution in [0.5, 0.6) is 0 Å². The molecule has 26 heavy (non-hydrogen) atoms. The second-order valence-electron chi connectivity index (χ2n) is 6.06. The van der Waals surface area contributed by atoms with Gasteiger partial charge in [-0.25, -0.2) is 16.8 Å². The maximum atomic E-state index is 12.3. The second kappa shape index (κ2) is 7.46. The summed E-state index contributed by atoms with van der Waals surface area (Å²) < 4.78 is 52.6. The third-order valence-corrected chi connectivity index (χ3v) is 7.55. The zero-order valence-corrected chi connectivity index (χ0v) is 16.3. The first-order valence-electron chi connectivity index (χ1n) is 8.11. The van der Waals surface area contributed by atoms with E-state index in [0.29, 0.717) is 30.8 Å². The van der Waals surface area contributed by atoms with Crippen molar-refractivity contribution in [3.05, 3.63) is 59.1 Å². The fraction of sp³-hybridized carbons (Fsp3) is 0.294. The first-order valence-corrected chi connectivity index (χ1v) is 11.8. The summed E-state index contributed by atoms with van der Waals surface area (Å²) in [5.41, 5.74) is 1.52. The molecule has 3 rings (SSSR count). The standard InChI is InChI=1S/C17H19ClN2O4S2/c18-16-8-7-15(13-17(16)20-10-4-11-26(20,23)24)19-25(21,22)12-9-14-5-2-1-3-6-14/h1-3,5-8,13,19H,4,9-12H2. The molecule has 6 nitrogen and oxygen atoms in total. The van der Waals surface area contributed by atoms with Gasteiger partial charge in [-0.05, 0) is 36.6 Å². The largest absolute Gasteiger partial charge is 0.283 e. The normalized spacial score (nSPS) is 16.6. The Labute approximate surface area is 158 Å². The molecule has 0 aliphatic carbocycles. The number of halogens is 1. The van der Waals surface area contributed by atoms with Gasteiger partial charge in [-0.1, -0.05) is 41.9 Å². The average Bonchev–Trinajstić information content (AvgIpc) is 2.95. The van der Waals surface area contributed by atoms with E-state index < -0.39 is 20.0 Å². The molecule has 0 atom stereocenters. The molecule has 0 spiro atoms. The Kier molecular flexibility index (Phi) is 5.45. The van der Waals surface area contributed by atoms with Gasteiger partial charge in [-0.2, -0.15) is 0 Å². The van der Waals surface area contributed by atoms with Crippen molar-refractivity contribution in [3.8, 4) is 0 Å². The van der Waals surface area contributed by atoms with Gasteiger partial charge in [-0.15, -0.1) is 0 Å². The Morgan fingerprint density at radius 3 is 2.50 bits per heavy atom. The summed E-state index contributed by atoms with van der Waals surface area (Å²) in [7, 11) is -6.97. The number of nitrogens with one attached hydrogen (secondary N) is 1.